The first kappa shape index (κ1) is 16.7. The summed E-state index contributed by atoms with van der Waals surface area (Å²) in [5.74, 6) is 5.26. The lowest BCUT2D eigenvalue weighted by atomic mass is 10.0. The highest BCUT2D eigenvalue weighted by Gasteiger charge is 2.30. The molecule has 3 N–H and O–H groups in total. The zero-order valence-electron chi connectivity index (χ0n) is 11.6. The second kappa shape index (κ2) is 7.47. The Hall–Kier alpha value is -1.31. The zero-order chi connectivity index (χ0) is 15.2. The van der Waals surface area contributed by atoms with E-state index in [4.69, 9.17) is 5.84 Å². The number of hydrazine groups is 1. The molecule has 0 aromatic heterocycles. The molecule has 0 spiro atoms. The van der Waals surface area contributed by atoms with Crippen LogP contribution in [0, 0.1) is 0 Å². The van der Waals surface area contributed by atoms with Crippen molar-refractivity contribution in [1.82, 2.24) is 10.3 Å². The number of nitrogens with two attached hydrogens (primary N) is 1. The van der Waals surface area contributed by atoms with Crippen molar-refractivity contribution in [1.29, 1.82) is 0 Å². The van der Waals surface area contributed by atoms with Crippen LogP contribution in [0.15, 0.2) is 24.3 Å². The summed E-state index contributed by atoms with van der Waals surface area (Å²) in [5, 5.41) is 0. The summed E-state index contributed by atoms with van der Waals surface area (Å²) in [6, 6.07) is 5.92. The van der Waals surface area contributed by atoms with Crippen LogP contribution in [0.25, 0.3) is 0 Å². The van der Waals surface area contributed by atoms with Crippen LogP contribution in [-0.2, 0) is 6.42 Å². The van der Waals surface area contributed by atoms with E-state index in [0.717, 1.165) is 18.5 Å². The molecule has 0 saturated carbocycles. The van der Waals surface area contributed by atoms with Gasteiger partial charge in [-0.1, -0.05) is 12.1 Å². The van der Waals surface area contributed by atoms with Crippen molar-refractivity contribution in [3.05, 3.63) is 29.8 Å². The SMILES string of the molecule is CN(C)CCC(Cc1ccc(OC(F)(F)F)cc1)NN. The molecule has 0 aliphatic rings. The topological polar surface area (TPSA) is 50.5 Å². The molecule has 0 radical (unpaired) electrons. The summed E-state index contributed by atoms with van der Waals surface area (Å²) in [6.45, 7) is 0.879. The highest BCUT2D eigenvalue weighted by molar-refractivity contribution is 5.27. The van der Waals surface area contributed by atoms with Crippen molar-refractivity contribution in [3.63, 3.8) is 0 Å². The van der Waals surface area contributed by atoms with E-state index in [1.165, 1.54) is 12.1 Å². The first-order valence-electron chi connectivity index (χ1n) is 6.25. The number of nitrogens with one attached hydrogen (secondary N) is 1. The van der Waals surface area contributed by atoms with Crippen LogP contribution in [0.2, 0.25) is 0 Å². The van der Waals surface area contributed by atoms with Crippen molar-refractivity contribution in [3.8, 4) is 5.75 Å². The fraction of sp³-hybridized carbons (Fsp3) is 0.538. The average Bonchev–Trinajstić information content (AvgIpc) is 2.34. The van der Waals surface area contributed by atoms with E-state index >= 15 is 0 Å². The minimum atomic E-state index is -4.66. The molecule has 1 unspecified atom stereocenters. The van der Waals surface area contributed by atoms with Gasteiger partial charge in [-0.25, -0.2) is 0 Å². The minimum absolute atomic E-state index is 0.0757. The molecule has 0 aliphatic heterocycles. The first-order chi connectivity index (χ1) is 9.30. The molecule has 1 aromatic carbocycles. The van der Waals surface area contributed by atoms with Crippen molar-refractivity contribution in [2.75, 3.05) is 20.6 Å². The number of nitrogens with zero attached hydrogens (tertiary/aromatic N) is 1. The molecule has 0 heterocycles. The molecule has 1 atom stereocenters. The number of halogens is 3. The van der Waals surface area contributed by atoms with Gasteiger partial charge in [-0.2, -0.15) is 0 Å². The molecule has 7 heteroatoms. The van der Waals surface area contributed by atoms with E-state index in [0.29, 0.717) is 6.42 Å². The monoisotopic (exact) mass is 291 g/mol. The number of rotatable bonds is 7. The third-order valence-corrected chi connectivity index (χ3v) is 2.80. The van der Waals surface area contributed by atoms with Crippen LogP contribution in [0.5, 0.6) is 5.75 Å². The highest BCUT2D eigenvalue weighted by atomic mass is 19.4. The molecule has 0 saturated heterocycles. The van der Waals surface area contributed by atoms with Gasteiger partial charge in [0.2, 0.25) is 0 Å². The minimum Gasteiger partial charge on any atom is -0.406 e. The van der Waals surface area contributed by atoms with E-state index in [-0.39, 0.29) is 11.8 Å². The summed E-state index contributed by atoms with van der Waals surface area (Å²) in [7, 11) is 3.94. The maximum absolute atomic E-state index is 12.0. The molecule has 0 bridgehead atoms. The Morgan fingerprint density at radius 3 is 2.30 bits per heavy atom. The first-order valence-corrected chi connectivity index (χ1v) is 6.25. The van der Waals surface area contributed by atoms with Gasteiger partial charge in [0, 0.05) is 6.04 Å². The Labute approximate surface area is 116 Å². The Kier molecular flexibility index (Phi) is 6.25. The fourth-order valence-electron chi connectivity index (χ4n) is 1.77. The molecule has 20 heavy (non-hydrogen) atoms. The van der Waals surface area contributed by atoms with Gasteiger partial charge >= 0.3 is 6.36 Å². The number of ether oxygens (including phenoxy) is 1. The van der Waals surface area contributed by atoms with Gasteiger partial charge in [0.25, 0.3) is 0 Å². The third kappa shape index (κ3) is 6.74. The lowest BCUT2D eigenvalue weighted by Gasteiger charge is -2.18. The molecule has 0 fully saturated rings. The van der Waals surface area contributed by atoms with Crippen LogP contribution >= 0.6 is 0 Å². The molecule has 4 nitrogen and oxygen atoms in total. The second-order valence-electron chi connectivity index (χ2n) is 4.85. The van der Waals surface area contributed by atoms with Crippen LogP contribution in [0.1, 0.15) is 12.0 Å². The molecule has 1 rings (SSSR count). The van der Waals surface area contributed by atoms with Gasteiger partial charge in [-0.15, -0.1) is 13.2 Å². The standard InChI is InChI=1S/C13H20F3N3O/c1-19(2)8-7-11(18-17)9-10-3-5-12(6-4-10)20-13(14,15)16/h3-6,11,18H,7-9,17H2,1-2H3. The van der Waals surface area contributed by atoms with E-state index in [9.17, 15) is 13.2 Å². The van der Waals surface area contributed by atoms with Crippen LogP contribution in [0.4, 0.5) is 13.2 Å². The molecular weight excluding hydrogens is 271 g/mol. The number of hydrogen-bond acceptors (Lipinski definition) is 4. The number of hydrogen-bond donors (Lipinski definition) is 2. The van der Waals surface area contributed by atoms with Crippen LogP contribution < -0.4 is 16.0 Å². The lowest BCUT2D eigenvalue weighted by Crippen LogP contribution is -2.38. The third-order valence-electron chi connectivity index (χ3n) is 2.80. The lowest BCUT2D eigenvalue weighted by molar-refractivity contribution is -0.274. The van der Waals surface area contributed by atoms with Gasteiger partial charge in [-0.05, 0) is 51.2 Å². The smallest absolute Gasteiger partial charge is 0.406 e. The number of alkyl halides is 3. The van der Waals surface area contributed by atoms with Crippen molar-refractivity contribution in [2.24, 2.45) is 5.84 Å². The Morgan fingerprint density at radius 2 is 1.85 bits per heavy atom. The summed E-state index contributed by atoms with van der Waals surface area (Å²) in [4.78, 5) is 2.05. The Balaban J connectivity index is 2.55. The van der Waals surface area contributed by atoms with Crippen LogP contribution in [-0.4, -0.2) is 37.9 Å². The van der Waals surface area contributed by atoms with Gasteiger partial charge in [0.1, 0.15) is 5.75 Å². The van der Waals surface area contributed by atoms with Crippen LogP contribution in [0.3, 0.4) is 0 Å². The van der Waals surface area contributed by atoms with E-state index in [1.807, 2.05) is 19.0 Å². The predicted molar refractivity (Wildman–Crippen MR) is 71.1 cm³/mol. The van der Waals surface area contributed by atoms with E-state index < -0.39 is 6.36 Å². The molecular formula is C13H20F3N3O. The Bertz CT molecular complexity index is 393. The summed E-state index contributed by atoms with van der Waals surface area (Å²) < 4.78 is 39.9. The quantitative estimate of drug-likeness (QED) is 0.595. The molecule has 114 valence electrons. The second-order valence-corrected chi connectivity index (χ2v) is 4.85. The summed E-state index contributed by atoms with van der Waals surface area (Å²) in [6.07, 6.45) is -3.16. The van der Waals surface area contributed by atoms with Crippen molar-refractivity contribution >= 4 is 0 Å². The van der Waals surface area contributed by atoms with Gasteiger partial charge in [0.05, 0.1) is 0 Å². The summed E-state index contributed by atoms with van der Waals surface area (Å²) >= 11 is 0. The van der Waals surface area contributed by atoms with Gasteiger partial charge < -0.3 is 9.64 Å². The van der Waals surface area contributed by atoms with E-state index in [1.54, 1.807) is 12.1 Å². The van der Waals surface area contributed by atoms with Gasteiger partial charge in [0.15, 0.2) is 0 Å². The molecule has 0 aliphatic carbocycles. The molecule has 0 amide bonds. The van der Waals surface area contributed by atoms with Gasteiger partial charge in [-0.3, -0.25) is 11.3 Å². The summed E-state index contributed by atoms with van der Waals surface area (Å²) in [5.41, 5.74) is 3.62. The Morgan fingerprint density at radius 1 is 1.25 bits per heavy atom. The maximum atomic E-state index is 12.0. The normalized spacial score (nSPS) is 13.6. The highest BCUT2D eigenvalue weighted by Crippen LogP contribution is 2.23. The van der Waals surface area contributed by atoms with Crippen molar-refractivity contribution in [2.45, 2.75) is 25.2 Å². The fourth-order valence-corrected chi connectivity index (χ4v) is 1.77. The number of benzene rings is 1. The zero-order valence-corrected chi connectivity index (χ0v) is 11.6. The average molecular weight is 291 g/mol. The predicted octanol–water partition coefficient (Wildman–Crippen LogP) is 1.91. The van der Waals surface area contributed by atoms with Crippen molar-refractivity contribution < 1.29 is 17.9 Å². The van der Waals surface area contributed by atoms with E-state index in [2.05, 4.69) is 10.2 Å². The maximum Gasteiger partial charge on any atom is 0.573 e. The molecule has 1 aromatic rings. The largest absolute Gasteiger partial charge is 0.573 e.